The quantitative estimate of drug-likeness (QED) is 0.346. The van der Waals surface area contributed by atoms with Gasteiger partial charge in [-0.2, -0.15) is 0 Å². The molecule has 0 atom stereocenters. The number of hydrogen-bond acceptors (Lipinski definition) is 6. The number of rotatable bonds is 9. The van der Waals surface area contributed by atoms with E-state index in [0.29, 0.717) is 19.0 Å². The van der Waals surface area contributed by atoms with Gasteiger partial charge < -0.3 is 15.5 Å². The van der Waals surface area contributed by atoms with Gasteiger partial charge in [-0.1, -0.05) is 13.3 Å². The summed E-state index contributed by atoms with van der Waals surface area (Å²) in [7, 11) is 0. The number of hydrazine groups is 1. The van der Waals surface area contributed by atoms with Crippen molar-refractivity contribution in [2.24, 2.45) is 5.84 Å². The lowest BCUT2D eigenvalue weighted by molar-refractivity contribution is 0.0934. The van der Waals surface area contributed by atoms with Gasteiger partial charge in [0.2, 0.25) is 0 Å². The van der Waals surface area contributed by atoms with E-state index in [-0.39, 0.29) is 11.6 Å². The Kier molecular flexibility index (Phi) is 7.45. The Bertz CT molecular complexity index is 369. The van der Waals surface area contributed by atoms with E-state index in [9.17, 15) is 4.79 Å². The molecule has 0 fully saturated rings. The van der Waals surface area contributed by atoms with Gasteiger partial charge in [0.15, 0.2) is 11.5 Å². The normalized spacial score (nSPS) is 10.2. The molecule has 0 radical (unpaired) electrons. The van der Waals surface area contributed by atoms with Crippen molar-refractivity contribution in [2.75, 3.05) is 25.2 Å². The molecule has 4 N–H and O–H groups in total. The van der Waals surface area contributed by atoms with E-state index in [2.05, 4.69) is 27.9 Å². The number of hydrogen-bond donors (Lipinski definition) is 3. The second-order valence-electron chi connectivity index (χ2n) is 4.02. The fraction of sp³-hybridized carbons (Fsp3) is 0.583. The van der Waals surface area contributed by atoms with Crippen molar-refractivity contribution in [2.45, 2.75) is 26.2 Å². The van der Waals surface area contributed by atoms with Crippen molar-refractivity contribution < 1.29 is 9.53 Å². The fourth-order valence-electron chi connectivity index (χ4n) is 1.35. The molecule has 19 heavy (non-hydrogen) atoms. The zero-order valence-corrected chi connectivity index (χ0v) is 11.2. The Morgan fingerprint density at radius 2 is 2.11 bits per heavy atom. The maximum absolute atomic E-state index is 11.7. The molecule has 1 rings (SSSR count). The van der Waals surface area contributed by atoms with E-state index in [4.69, 9.17) is 10.6 Å². The summed E-state index contributed by atoms with van der Waals surface area (Å²) in [6, 6.07) is 3.16. The molecule has 1 aromatic heterocycles. The van der Waals surface area contributed by atoms with Crippen molar-refractivity contribution in [1.29, 1.82) is 0 Å². The first-order chi connectivity index (χ1) is 9.27. The van der Waals surface area contributed by atoms with Crippen LogP contribution >= 0.6 is 0 Å². The molecule has 0 aliphatic carbocycles. The minimum absolute atomic E-state index is 0.246. The minimum atomic E-state index is -0.246. The number of nitrogens with two attached hydrogens (primary N) is 1. The Hall–Kier alpha value is -1.73. The average molecular weight is 267 g/mol. The van der Waals surface area contributed by atoms with Gasteiger partial charge in [-0.25, -0.2) is 5.84 Å². The number of anilines is 1. The number of aromatic nitrogens is 2. The number of carbonyl (C=O) groups excluding carboxylic acids is 1. The van der Waals surface area contributed by atoms with Crippen LogP contribution in [0, 0.1) is 0 Å². The monoisotopic (exact) mass is 267 g/mol. The van der Waals surface area contributed by atoms with E-state index in [1.54, 1.807) is 12.1 Å². The van der Waals surface area contributed by atoms with Crippen LogP contribution in [0.25, 0.3) is 0 Å². The van der Waals surface area contributed by atoms with Crippen LogP contribution < -0.4 is 16.6 Å². The molecule has 1 amide bonds. The van der Waals surface area contributed by atoms with Crippen molar-refractivity contribution in [3.8, 4) is 0 Å². The van der Waals surface area contributed by atoms with Gasteiger partial charge in [-0.15, -0.1) is 10.2 Å². The molecule has 0 aliphatic rings. The molecule has 1 heterocycles. The number of nitrogen functional groups attached to an aromatic ring is 1. The summed E-state index contributed by atoms with van der Waals surface area (Å²) in [4.78, 5) is 11.7. The highest BCUT2D eigenvalue weighted by Crippen LogP contribution is 1.99. The first kappa shape index (κ1) is 15.3. The van der Waals surface area contributed by atoms with Gasteiger partial charge in [-0.3, -0.25) is 4.79 Å². The Morgan fingerprint density at radius 1 is 1.32 bits per heavy atom. The van der Waals surface area contributed by atoms with Crippen molar-refractivity contribution >= 4 is 11.7 Å². The second-order valence-corrected chi connectivity index (χ2v) is 4.02. The number of amides is 1. The minimum Gasteiger partial charge on any atom is -0.381 e. The van der Waals surface area contributed by atoms with Crippen molar-refractivity contribution in [3.05, 3.63) is 17.8 Å². The molecule has 0 saturated heterocycles. The number of nitrogens with zero attached hydrogens (tertiary/aromatic N) is 2. The summed E-state index contributed by atoms with van der Waals surface area (Å²) in [5.74, 6) is 5.33. The average Bonchev–Trinajstić information content (AvgIpc) is 2.46. The van der Waals surface area contributed by atoms with E-state index in [1.165, 1.54) is 0 Å². The summed E-state index contributed by atoms with van der Waals surface area (Å²) in [6.45, 7) is 4.12. The summed E-state index contributed by atoms with van der Waals surface area (Å²) in [6.07, 6.45) is 2.98. The first-order valence-corrected chi connectivity index (χ1v) is 6.44. The maximum Gasteiger partial charge on any atom is 0.271 e. The van der Waals surface area contributed by atoms with E-state index in [0.717, 1.165) is 25.9 Å². The molecular formula is C12H21N5O2. The van der Waals surface area contributed by atoms with Gasteiger partial charge in [0.1, 0.15) is 0 Å². The second kappa shape index (κ2) is 9.23. The van der Waals surface area contributed by atoms with E-state index in [1.807, 2.05) is 0 Å². The highest BCUT2D eigenvalue weighted by molar-refractivity contribution is 5.92. The van der Waals surface area contributed by atoms with Crippen LogP contribution in [0.4, 0.5) is 5.82 Å². The number of unbranched alkanes of at least 4 members (excludes halogenated alkanes) is 1. The first-order valence-electron chi connectivity index (χ1n) is 6.44. The molecule has 7 heteroatoms. The van der Waals surface area contributed by atoms with Gasteiger partial charge in [-0.05, 0) is 25.0 Å². The van der Waals surface area contributed by atoms with Crippen LogP contribution in [0.2, 0.25) is 0 Å². The lowest BCUT2D eigenvalue weighted by atomic mass is 10.3. The third-order valence-corrected chi connectivity index (χ3v) is 2.44. The molecule has 0 saturated carbocycles. The van der Waals surface area contributed by atoms with Gasteiger partial charge >= 0.3 is 0 Å². The smallest absolute Gasteiger partial charge is 0.271 e. The van der Waals surface area contributed by atoms with Gasteiger partial charge in [0, 0.05) is 19.8 Å². The number of ether oxygens (including phenoxy) is 1. The van der Waals surface area contributed by atoms with Crippen LogP contribution in [0.3, 0.4) is 0 Å². The molecule has 0 aliphatic heterocycles. The van der Waals surface area contributed by atoms with Crippen LogP contribution in [-0.4, -0.2) is 35.9 Å². The van der Waals surface area contributed by atoms with E-state index < -0.39 is 0 Å². The highest BCUT2D eigenvalue weighted by Gasteiger charge is 2.06. The van der Waals surface area contributed by atoms with E-state index >= 15 is 0 Å². The summed E-state index contributed by atoms with van der Waals surface area (Å²) < 4.78 is 5.39. The maximum atomic E-state index is 11.7. The molecule has 0 bridgehead atoms. The zero-order valence-electron chi connectivity index (χ0n) is 11.2. The van der Waals surface area contributed by atoms with Crippen LogP contribution in [0.1, 0.15) is 36.7 Å². The summed E-state index contributed by atoms with van der Waals surface area (Å²) >= 11 is 0. The lowest BCUT2D eigenvalue weighted by Gasteiger charge is -2.05. The Balaban J connectivity index is 2.16. The fourth-order valence-corrected chi connectivity index (χ4v) is 1.35. The summed E-state index contributed by atoms with van der Waals surface area (Å²) in [5.41, 5.74) is 2.62. The predicted molar refractivity (Wildman–Crippen MR) is 72.5 cm³/mol. The number of carbonyl (C=O) groups is 1. The molecule has 0 spiro atoms. The van der Waals surface area contributed by atoms with Crippen LogP contribution in [0.5, 0.6) is 0 Å². The molecule has 106 valence electrons. The Morgan fingerprint density at radius 3 is 2.74 bits per heavy atom. The van der Waals surface area contributed by atoms with Gasteiger partial charge in [0.25, 0.3) is 5.91 Å². The highest BCUT2D eigenvalue weighted by atomic mass is 16.5. The molecule has 0 unspecified atom stereocenters. The largest absolute Gasteiger partial charge is 0.381 e. The molecule has 0 aromatic carbocycles. The number of nitrogens with one attached hydrogen (secondary N) is 2. The van der Waals surface area contributed by atoms with Crippen molar-refractivity contribution in [3.63, 3.8) is 0 Å². The van der Waals surface area contributed by atoms with Gasteiger partial charge in [0.05, 0.1) is 0 Å². The SMILES string of the molecule is CCCCOCCCNC(=O)c1ccc(NN)nn1. The third-order valence-electron chi connectivity index (χ3n) is 2.44. The Labute approximate surface area is 112 Å². The zero-order chi connectivity index (χ0) is 13.9. The molecule has 1 aromatic rings. The van der Waals surface area contributed by atoms with Crippen molar-refractivity contribution in [1.82, 2.24) is 15.5 Å². The van der Waals surface area contributed by atoms with Crippen LogP contribution in [-0.2, 0) is 4.74 Å². The lowest BCUT2D eigenvalue weighted by Crippen LogP contribution is -2.26. The topological polar surface area (TPSA) is 102 Å². The summed E-state index contributed by atoms with van der Waals surface area (Å²) in [5, 5.41) is 10.2. The molecular weight excluding hydrogens is 246 g/mol. The van der Waals surface area contributed by atoms with Crippen LogP contribution in [0.15, 0.2) is 12.1 Å². The molecule has 7 nitrogen and oxygen atoms in total. The predicted octanol–water partition coefficient (Wildman–Crippen LogP) is 0.699. The standard InChI is InChI=1S/C12H21N5O2/c1-2-3-8-19-9-4-7-14-12(18)10-5-6-11(15-13)17-16-10/h5-6H,2-4,7-9,13H2,1H3,(H,14,18)(H,15,17). The third kappa shape index (κ3) is 6.12.